The van der Waals surface area contributed by atoms with Gasteiger partial charge in [-0.3, -0.25) is 4.79 Å². The molecule has 0 saturated carbocycles. The Morgan fingerprint density at radius 2 is 1.83 bits per heavy atom. The number of alkyl halides is 3. The number of aryl methyl sites for hydroxylation is 2. The molecule has 3 aromatic rings. The molecule has 0 saturated heterocycles. The van der Waals surface area contributed by atoms with E-state index in [0.29, 0.717) is 24.5 Å². The quantitative estimate of drug-likeness (QED) is 0.333. The summed E-state index contributed by atoms with van der Waals surface area (Å²) in [5.41, 5.74) is 0.887. The maximum atomic E-state index is 13.2. The molecule has 2 aromatic carbocycles. The van der Waals surface area contributed by atoms with Crippen molar-refractivity contribution in [2.75, 3.05) is 6.61 Å². The smallest absolute Gasteiger partial charge is 0.416 e. The molecule has 0 bridgehead atoms. The summed E-state index contributed by atoms with van der Waals surface area (Å²) in [5.74, 6) is 0.0699. The molecule has 6 nitrogen and oxygen atoms in total. The summed E-state index contributed by atoms with van der Waals surface area (Å²) in [6.07, 6.45) is -2.45. The maximum Gasteiger partial charge on any atom is 0.416 e. The molecule has 0 amide bonds. The van der Waals surface area contributed by atoms with E-state index in [1.807, 2.05) is 6.92 Å². The van der Waals surface area contributed by atoms with Crippen molar-refractivity contribution in [2.45, 2.75) is 45.4 Å². The van der Waals surface area contributed by atoms with E-state index in [1.54, 1.807) is 49.5 Å². The molecule has 0 fully saturated rings. The van der Waals surface area contributed by atoms with E-state index in [-0.39, 0.29) is 30.6 Å². The zero-order valence-electron chi connectivity index (χ0n) is 19.3. The second-order valence-electron chi connectivity index (χ2n) is 7.98. The van der Waals surface area contributed by atoms with Crippen LogP contribution in [-0.2, 0) is 17.4 Å². The van der Waals surface area contributed by atoms with Gasteiger partial charge in [0.15, 0.2) is 11.5 Å². The maximum absolute atomic E-state index is 13.2. The number of aromatic nitrogens is 1. The fourth-order valence-corrected chi connectivity index (χ4v) is 3.22. The molecule has 35 heavy (non-hydrogen) atoms. The first-order chi connectivity index (χ1) is 16.6. The highest BCUT2D eigenvalue weighted by atomic mass is 19.4. The lowest BCUT2D eigenvalue weighted by Crippen LogP contribution is -2.17. The molecule has 0 aliphatic carbocycles. The van der Waals surface area contributed by atoms with Crippen LogP contribution in [0.25, 0.3) is 0 Å². The molecule has 9 heteroatoms. The number of rotatable bonds is 11. The number of ether oxygens (including phenoxy) is 3. The van der Waals surface area contributed by atoms with Gasteiger partial charge < -0.3 is 19.3 Å². The van der Waals surface area contributed by atoms with Gasteiger partial charge in [-0.15, -0.1) is 0 Å². The number of hydrogen-bond donors (Lipinski definition) is 1. The third kappa shape index (κ3) is 7.91. The predicted octanol–water partition coefficient (Wildman–Crippen LogP) is 6.45. The summed E-state index contributed by atoms with van der Waals surface area (Å²) in [7, 11) is 0. The van der Waals surface area contributed by atoms with Gasteiger partial charge in [-0.05, 0) is 61.7 Å². The minimum Gasteiger partial charge on any atom is -0.487 e. The second-order valence-corrected chi connectivity index (χ2v) is 7.98. The highest BCUT2D eigenvalue weighted by Crippen LogP contribution is 2.38. The van der Waals surface area contributed by atoms with E-state index in [0.717, 1.165) is 23.3 Å². The van der Waals surface area contributed by atoms with E-state index < -0.39 is 17.7 Å². The first-order valence-corrected chi connectivity index (χ1v) is 11.0. The Morgan fingerprint density at radius 1 is 1.09 bits per heavy atom. The topological polar surface area (TPSA) is 77.9 Å². The van der Waals surface area contributed by atoms with Crippen molar-refractivity contribution in [1.29, 1.82) is 0 Å². The van der Waals surface area contributed by atoms with Crippen molar-refractivity contribution in [1.82, 2.24) is 4.98 Å². The average molecular weight is 489 g/mol. The Labute approximate surface area is 201 Å². The Bertz CT molecular complexity index is 1140. The van der Waals surface area contributed by atoms with Crippen molar-refractivity contribution in [3.63, 3.8) is 0 Å². The lowest BCUT2D eigenvalue weighted by molar-refractivity contribution is -0.138. The molecule has 1 heterocycles. The van der Waals surface area contributed by atoms with Gasteiger partial charge in [0, 0.05) is 25.1 Å². The molecule has 0 radical (unpaired) electrons. The SMILES string of the molecule is Cc1cc(OCCC(C)Oc2ccc(C(F)(F)F)cc2Oc2ccccc2)ncc1CCC(=O)O. The van der Waals surface area contributed by atoms with E-state index in [1.165, 1.54) is 6.07 Å². The van der Waals surface area contributed by atoms with Gasteiger partial charge in [0.05, 0.1) is 18.3 Å². The number of carbonyl (C=O) groups is 1. The number of para-hydroxylation sites is 1. The fourth-order valence-electron chi connectivity index (χ4n) is 3.22. The highest BCUT2D eigenvalue weighted by molar-refractivity contribution is 5.67. The molecule has 0 aliphatic rings. The minimum atomic E-state index is -4.51. The second kappa shape index (κ2) is 11.6. The van der Waals surface area contributed by atoms with Gasteiger partial charge in [-0.25, -0.2) is 4.98 Å². The Kier molecular flexibility index (Phi) is 8.57. The van der Waals surface area contributed by atoms with Crippen molar-refractivity contribution in [2.24, 2.45) is 0 Å². The normalized spacial score (nSPS) is 12.1. The van der Waals surface area contributed by atoms with Crippen LogP contribution < -0.4 is 14.2 Å². The average Bonchev–Trinajstić information content (AvgIpc) is 2.79. The monoisotopic (exact) mass is 489 g/mol. The molecule has 3 rings (SSSR count). The van der Waals surface area contributed by atoms with E-state index >= 15 is 0 Å². The number of halogens is 3. The third-order valence-electron chi connectivity index (χ3n) is 5.15. The van der Waals surface area contributed by atoms with Crippen LogP contribution in [0.15, 0.2) is 60.8 Å². The molecule has 1 aromatic heterocycles. The zero-order valence-corrected chi connectivity index (χ0v) is 19.3. The number of benzene rings is 2. The van der Waals surface area contributed by atoms with Crippen LogP contribution in [-0.4, -0.2) is 28.8 Å². The molecule has 186 valence electrons. The van der Waals surface area contributed by atoms with Crippen molar-refractivity contribution >= 4 is 5.97 Å². The molecule has 1 N–H and O–H groups in total. The predicted molar refractivity (Wildman–Crippen MR) is 123 cm³/mol. The number of nitrogens with zero attached hydrogens (tertiary/aromatic N) is 1. The van der Waals surface area contributed by atoms with Gasteiger partial charge in [-0.1, -0.05) is 18.2 Å². The molecular formula is C26H26F3NO5. The van der Waals surface area contributed by atoms with Crippen LogP contribution >= 0.6 is 0 Å². The summed E-state index contributed by atoms with van der Waals surface area (Å²) in [4.78, 5) is 15.0. The number of aliphatic carboxylic acids is 1. The summed E-state index contributed by atoms with van der Waals surface area (Å²) < 4.78 is 56.9. The first kappa shape index (κ1) is 25.9. The third-order valence-corrected chi connectivity index (χ3v) is 5.15. The summed E-state index contributed by atoms with van der Waals surface area (Å²) in [6.45, 7) is 3.90. The summed E-state index contributed by atoms with van der Waals surface area (Å²) in [5, 5.41) is 8.82. The van der Waals surface area contributed by atoms with Crippen molar-refractivity contribution in [3.8, 4) is 23.1 Å². The van der Waals surface area contributed by atoms with Gasteiger partial charge in [-0.2, -0.15) is 13.2 Å². The Balaban J connectivity index is 1.61. The number of carboxylic acid groups (broad SMARTS) is 1. The first-order valence-electron chi connectivity index (χ1n) is 11.0. The van der Waals surface area contributed by atoms with Crippen LogP contribution in [0.2, 0.25) is 0 Å². The Hall–Kier alpha value is -3.75. The lowest BCUT2D eigenvalue weighted by Gasteiger charge is -2.19. The zero-order chi connectivity index (χ0) is 25.4. The van der Waals surface area contributed by atoms with Crippen LogP contribution in [0.1, 0.15) is 36.5 Å². The molecule has 1 unspecified atom stereocenters. The number of carboxylic acids is 1. The van der Waals surface area contributed by atoms with Crippen LogP contribution in [0.5, 0.6) is 23.1 Å². The van der Waals surface area contributed by atoms with Gasteiger partial charge >= 0.3 is 12.1 Å². The summed E-state index contributed by atoms with van der Waals surface area (Å²) >= 11 is 0. The minimum absolute atomic E-state index is 0.0253. The van der Waals surface area contributed by atoms with Gasteiger partial charge in [0.1, 0.15) is 5.75 Å². The largest absolute Gasteiger partial charge is 0.487 e. The Morgan fingerprint density at radius 3 is 2.49 bits per heavy atom. The van der Waals surface area contributed by atoms with Crippen LogP contribution in [0, 0.1) is 6.92 Å². The lowest BCUT2D eigenvalue weighted by atomic mass is 10.1. The van der Waals surface area contributed by atoms with E-state index in [9.17, 15) is 18.0 Å². The van der Waals surface area contributed by atoms with E-state index in [2.05, 4.69) is 4.98 Å². The molecule has 0 spiro atoms. The van der Waals surface area contributed by atoms with Crippen molar-refractivity contribution in [3.05, 3.63) is 77.5 Å². The van der Waals surface area contributed by atoms with Crippen LogP contribution in [0.3, 0.4) is 0 Å². The molecular weight excluding hydrogens is 463 g/mol. The molecule has 0 aliphatic heterocycles. The standard InChI is InChI=1S/C26H26F3NO5/c1-17-14-24(30-16-19(17)8-11-25(31)32)33-13-12-18(2)34-22-10-9-20(26(27,28)29)15-23(22)35-21-6-4-3-5-7-21/h3-7,9-10,14-16,18H,8,11-13H2,1-2H3,(H,31,32). The van der Waals surface area contributed by atoms with E-state index in [4.69, 9.17) is 19.3 Å². The fraction of sp³-hybridized carbons (Fsp3) is 0.308. The number of hydrogen-bond acceptors (Lipinski definition) is 5. The van der Waals surface area contributed by atoms with Gasteiger partial charge in [0.25, 0.3) is 0 Å². The van der Waals surface area contributed by atoms with Crippen LogP contribution in [0.4, 0.5) is 13.2 Å². The summed E-state index contributed by atoms with van der Waals surface area (Å²) in [6, 6.07) is 13.4. The van der Waals surface area contributed by atoms with Gasteiger partial charge in [0.2, 0.25) is 5.88 Å². The molecule has 1 atom stereocenters. The van der Waals surface area contributed by atoms with Crippen molar-refractivity contribution < 1.29 is 37.3 Å². The number of pyridine rings is 1. The highest BCUT2D eigenvalue weighted by Gasteiger charge is 2.31.